The van der Waals surface area contributed by atoms with Crippen LogP contribution in [0.2, 0.25) is 5.02 Å². The average Bonchev–Trinajstić information content (AvgIpc) is 2.44. The molecular weight excluding hydrogens is 278 g/mol. The number of carbonyl (C=O) groups is 1. The van der Waals surface area contributed by atoms with Crippen molar-refractivity contribution in [3.63, 3.8) is 0 Å². The maximum Gasteiger partial charge on any atom is 0.259 e. The number of aromatic hydroxyl groups is 1. The zero-order valence-electron chi connectivity index (χ0n) is 10.9. The molecule has 4 nitrogen and oxygen atoms in total. The van der Waals surface area contributed by atoms with Gasteiger partial charge in [-0.05, 0) is 49.4 Å². The molecule has 2 aromatic carbocycles. The number of rotatable bonds is 4. The molecule has 0 radical (unpaired) electrons. The highest BCUT2D eigenvalue weighted by molar-refractivity contribution is 6.31. The molecule has 5 heteroatoms. The van der Waals surface area contributed by atoms with Crippen molar-refractivity contribution in [2.24, 2.45) is 0 Å². The van der Waals surface area contributed by atoms with E-state index in [-0.39, 0.29) is 11.3 Å². The number of anilines is 1. The van der Waals surface area contributed by atoms with E-state index in [1.165, 1.54) is 18.2 Å². The molecule has 0 aromatic heterocycles. The highest BCUT2D eigenvalue weighted by Gasteiger charge is 2.12. The summed E-state index contributed by atoms with van der Waals surface area (Å²) in [4.78, 5) is 12.0. The Morgan fingerprint density at radius 3 is 2.60 bits per heavy atom. The zero-order chi connectivity index (χ0) is 14.5. The van der Waals surface area contributed by atoms with Crippen LogP contribution < -0.4 is 10.1 Å². The molecule has 0 bridgehead atoms. The second-order valence-electron chi connectivity index (χ2n) is 4.07. The van der Waals surface area contributed by atoms with E-state index in [0.29, 0.717) is 17.3 Å². The van der Waals surface area contributed by atoms with E-state index in [4.69, 9.17) is 16.3 Å². The van der Waals surface area contributed by atoms with Crippen LogP contribution in [0.5, 0.6) is 11.5 Å². The fourth-order valence-electron chi connectivity index (χ4n) is 1.69. The lowest BCUT2D eigenvalue weighted by atomic mass is 10.2. The lowest BCUT2D eigenvalue weighted by molar-refractivity contribution is 0.102. The molecule has 0 aliphatic carbocycles. The van der Waals surface area contributed by atoms with Gasteiger partial charge in [-0.25, -0.2) is 0 Å². The van der Waals surface area contributed by atoms with Crippen LogP contribution in [0.3, 0.4) is 0 Å². The standard InChI is InChI=1S/C15H14ClNO3/c1-2-20-12-6-4-11(5-7-12)17-15(19)13-9-10(16)3-8-14(13)18/h3-9,18H,2H2,1H3,(H,17,19). The lowest BCUT2D eigenvalue weighted by Crippen LogP contribution is -2.12. The van der Waals surface area contributed by atoms with Crippen molar-refractivity contribution in [2.75, 3.05) is 11.9 Å². The molecule has 2 rings (SSSR count). The van der Waals surface area contributed by atoms with E-state index in [9.17, 15) is 9.90 Å². The fraction of sp³-hybridized carbons (Fsp3) is 0.133. The second-order valence-corrected chi connectivity index (χ2v) is 4.51. The van der Waals surface area contributed by atoms with Crippen molar-refractivity contribution in [3.8, 4) is 11.5 Å². The minimum Gasteiger partial charge on any atom is -0.507 e. The van der Waals surface area contributed by atoms with Gasteiger partial charge in [-0.15, -0.1) is 0 Å². The van der Waals surface area contributed by atoms with E-state index >= 15 is 0 Å². The Hall–Kier alpha value is -2.20. The van der Waals surface area contributed by atoms with Crippen LogP contribution in [0.15, 0.2) is 42.5 Å². The van der Waals surface area contributed by atoms with Crippen molar-refractivity contribution in [2.45, 2.75) is 6.92 Å². The van der Waals surface area contributed by atoms with Gasteiger partial charge in [0.2, 0.25) is 0 Å². The van der Waals surface area contributed by atoms with Gasteiger partial charge in [0.1, 0.15) is 11.5 Å². The first-order valence-corrected chi connectivity index (χ1v) is 6.50. The van der Waals surface area contributed by atoms with Crippen molar-refractivity contribution in [1.29, 1.82) is 0 Å². The Kier molecular flexibility index (Phi) is 4.48. The predicted molar refractivity (Wildman–Crippen MR) is 78.7 cm³/mol. The number of carbonyl (C=O) groups excluding carboxylic acids is 1. The van der Waals surface area contributed by atoms with Crippen LogP contribution in [0, 0.1) is 0 Å². The first-order valence-electron chi connectivity index (χ1n) is 6.13. The average molecular weight is 292 g/mol. The third-order valence-corrected chi connectivity index (χ3v) is 2.86. The second kappa shape index (κ2) is 6.30. The minimum atomic E-state index is -0.422. The van der Waals surface area contributed by atoms with E-state index in [2.05, 4.69) is 5.32 Å². The van der Waals surface area contributed by atoms with Crippen LogP contribution in [0.1, 0.15) is 17.3 Å². The Balaban J connectivity index is 2.13. The number of hydrogen-bond acceptors (Lipinski definition) is 3. The minimum absolute atomic E-state index is 0.113. The zero-order valence-corrected chi connectivity index (χ0v) is 11.6. The molecule has 2 N–H and O–H groups in total. The van der Waals surface area contributed by atoms with Gasteiger partial charge < -0.3 is 15.2 Å². The monoisotopic (exact) mass is 291 g/mol. The van der Waals surface area contributed by atoms with Gasteiger partial charge in [-0.2, -0.15) is 0 Å². The van der Waals surface area contributed by atoms with Crippen LogP contribution in [-0.2, 0) is 0 Å². The number of amides is 1. The molecule has 0 atom stereocenters. The molecule has 0 spiro atoms. The van der Waals surface area contributed by atoms with Gasteiger partial charge in [0, 0.05) is 10.7 Å². The summed E-state index contributed by atoms with van der Waals surface area (Å²) in [6, 6.07) is 11.3. The van der Waals surface area contributed by atoms with Gasteiger partial charge in [0.25, 0.3) is 5.91 Å². The Morgan fingerprint density at radius 1 is 1.25 bits per heavy atom. The summed E-state index contributed by atoms with van der Waals surface area (Å²) in [5, 5.41) is 12.7. The van der Waals surface area contributed by atoms with Crippen LogP contribution in [-0.4, -0.2) is 17.6 Å². The number of ether oxygens (including phenoxy) is 1. The smallest absolute Gasteiger partial charge is 0.259 e. The topological polar surface area (TPSA) is 58.6 Å². The van der Waals surface area contributed by atoms with Crippen LogP contribution in [0.4, 0.5) is 5.69 Å². The first-order chi connectivity index (χ1) is 9.60. The summed E-state index contributed by atoms with van der Waals surface area (Å²) >= 11 is 5.81. The van der Waals surface area contributed by atoms with E-state index in [0.717, 1.165) is 5.75 Å². The molecule has 0 saturated heterocycles. The summed E-state index contributed by atoms with van der Waals surface area (Å²) in [6.07, 6.45) is 0. The molecule has 20 heavy (non-hydrogen) atoms. The lowest BCUT2D eigenvalue weighted by Gasteiger charge is -2.08. The van der Waals surface area contributed by atoms with E-state index in [1.807, 2.05) is 6.92 Å². The van der Waals surface area contributed by atoms with Gasteiger partial charge in [-0.3, -0.25) is 4.79 Å². The van der Waals surface area contributed by atoms with Gasteiger partial charge in [0.05, 0.1) is 12.2 Å². The van der Waals surface area contributed by atoms with Crippen molar-refractivity contribution >= 4 is 23.2 Å². The predicted octanol–water partition coefficient (Wildman–Crippen LogP) is 3.70. The number of phenols is 1. The molecule has 0 aliphatic rings. The van der Waals surface area contributed by atoms with Crippen molar-refractivity contribution in [3.05, 3.63) is 53.1 Å². The van der Waals surface area contributed by atoms with Crippen LogP contribution >= 0.6 is 11.6 Å². The number of phenolic OH excluding ortho intramolecular Hbond substituents is 1. The first kappa shape index (κ1) is 14.2. The molecule has 0 unspecified atom stereocenters. The molecule has 104 valence electrons. The summed E-state index contributed by atoms with van der Waals surface area (Å²) in [5.74, 6) is 0.197. The maximum atomic E-state index is 12.0. The number of benzene rings is 2. The van der Waals surface area contributed by atoms with Gasteiger partial charge >= 0.3 is 0 Å². The molecular formula is C15H14ClNO3. The quantitative estimate of drug-likeness (QED) is 0.903. The normalized spacial score (nSPS) is 10.1. The number of halogens is 1. The Labute approximate surface area is 122 Å². The summed E-state index contributed by atoms with van der Waals surface area (Å²) < 4.78 is 5.32. The molecule has 0 fully saturated rings. The van der Waals surface area contributed by atoms with Crippen molar-refractivity contribution in [1.82, 2.24) is 0 Å². The molecule has 2 aromatic rings. The highest BCUT2D eigenvalue weighted by atomic mass is 35.5. The van der Waals surface area contributed by atoms with Crippen molar-refractivity contribution < 1.29 is 14.6 Å². The third-order valence-electron chi connectivity index (χ3n) is 2.63. The van der Waals surface area contributed by atoms with Gasteiger partial charge in [0.15, 0.2) is 0 Å². The largest absolute Gasteiger partial charge is 0.507 e. The fourth-order valence-corrected chi connectivity index (χ4v) is 1.86. The molecule has 0 heterocycles. The summed E-state index contributed by atoms with van der Waals surface area (Å²) in [5.41, 5.74) is 0.740. The SMILES string of the molecule is CCOc1ccc(NC(=O)c2cc(Cl)ccc2O)cc1. The summed E-state index contributed by atoms with van der Waals surface area (Å²) in [6.45, 7) is 2.49. The maximum absolute atomic E-state index is 12.0. The Morgan fingerprint density at radius 2 is 1.95 bits per heavy atom. The van der Waals surface area contributed by atoms with Crippen LogP contribution in [0.25, 0.3) is 0 Å². The Bertz CT molecular complexity index is 611. The summed E-state index contributed by atoms with van der Waals surface area (Å²) in [7, 11) is 0. The molecule has 0 aliphatic heterocycles. The molecule has 1 amide bonds. The van der Waals surface area contributed by atoms with E-state index < -0.39 is 5.91 Å². The van der Waals surface area contributed by atoms with Gasteiger partial charge in [-0.1, -0.05) is 11.6 Å². The number of hydrogen-bond donors (Lipinski definition) is 2. The highest BCUT2D eigenvalue weighted by Crippen LogP contribution is 2.23. The third kappa shape index (κ3) is 3.42. The number of nitrogens with one attached hydrogen (secondary N) is 1. The van der Waals surface area contributed by atoms with E-state index in [1.54, 1.807) is 24.3 Å². The molecule has 0 saturated carbocycles.